The number of nitrogens with one attached hydrogen (secondary N) is 1. The van der Waals surface area contributed by atoms with E-state index in [1.807, 2.05) is 43.5 Å². The topological polar surface area (TPSA) is 64.8 Å². The lowest BCUT2D eigenvalue weighted by Gasteiger charge is -2.08. The Morgan fingerprint density at radius 3 is 2.59 bits per heavy atom. The Hall–Kier alpha value is -3.71. The van der Waals surface area contributed by atoms with Gasteiger partial charge in [-0.3, -0.25) is 10.1 Å². The molecule has 0 amide bonds. The molecule has 0 saturated carbocycles. The van der Waals surface area contributed by atoms with Gasteiger partial charge in [-0.25, -0.2) is 0 Å². The van der Waals surface area contributed by atoms with Crippen molar-refractivity contribution in [1.82, 2.24) is 10.2 Å². The van der Waals surface area contributed by atoms with Gasteiger partial charge < -0.3 is 0 Å². The third kappa shape index (κ3) is 4.97. The monoisotopic (exact) mass is 380 g/mol. The van der Waals surface area contributed by atoms with Gasteiger partial charge in [-0.05, 0) is 60.7 Å². The first kappa shape index (κ1) is 20.0. The summed E-state index contributed by atoms with van der Waals surface area (Å²) in [4.78, 5) is 4.21. The summed E-state index contributed by atoms with van der Waals surface area (Å²) >= 11 is 0. The Labute approximate surface area is 172 Å². The molecule has 0 unspecified atom stereocenters. The number of benzene rings is 2. The van der Waals surface area contributed by atoms with Crippen LogP contribution in [0.15, 0.2) is 78.5 Å². The minimum absolute atomic E-state index is 0.702. The highest BCUT2D eigenvalue weighted by Gasteiger charge is 2.11. The number of allylic oxidation sites excluding steroid dienone is 3. The van der Waals surface area contributed by atoms with E-state index in [0.717, 1.165) is 40.9 Å². The van der Waals surface area contributed by atoms with Gasteiger partial charge in [0, 0.05) is 23.9 Å². The molecule has 0 fully saturated rings. The average Bonchev–Trinajstić information content (AvgIpc) is 3.26. The lowest BCUT2D eigenvalue weighted by Crippen LogP contribution is -1.94. The summed E-state index contributed by atoms with van der Waals surface area (Å²) in [5, 5.41) is 16.5. The standard InChI is InChI=1S/C25H24N4/c1-4-22(13-18(2)27-3)24-17-28-29-25(24)23-10-6-8-20(15-23)12-11-19-7-5-9-21(14-19)16-26/h4-10,13-15,17H,1,11-12H2,2-3H3,(H,28,29)/b22-13+,27-18?. The smallest absolute Gasteiger partial charge is 0.0991 e. The summed E-state index contributed by atoms with van der Waals surface area (Å²) in [6, 6.07) is 18.5. The Morgan fingerprint density at radius 2 is 1.90 bits per heavy atom. The zero-order valence-corrected chi connectivity index (χ0v) is 16.8. The molecule has 0 bridgehead atoms. The van der Waals surface area contributed by atoms with E-state index in [0.29, 0.717) is 5.56 Å². The summed E-state index contributed by atoms with van der Waals surface area (Å²) in [6.45, 7) is 5.91. The molecular formula is C25H24N4. The number of rotatable bonds is 7. The lowest BCUT2D eigenvalue weighted by atomic mass is 9.97. The molecule has 29 heavy (non-hydrogen) atoms. The highest BCUT2D eigenvalue weighted by Crippen LogP contribution is 2.28. The van der Waals surface area contributed by atoms with Gasteiger partial charge in [0.25, 0.3) is 0 Å². The maximum absolute atomic E-state index is 9.07. The molecule has 4 nitrogen and oxygen atoms in total. The molecule has 0 radical (unpaired) electrons. The summed E-state index contributed by atoms with van der Waals surface area (Å²) < 4.78 is 0. The highest BCUT2D eigenvalue weighted by atomic mass is 15.1. The van der Waals surface area contributed by atoms with Crippen LogP contribution in [-0.2, 0) is 12.8 Å². The van der Waals surface area contributed by atoms with Gasteiger partial charge in [0.15, 0.2) is 0 Å². The Balaban J connectivity index is 1.85. The van der Waals surface area contributed by atoms with Crippen molar-refractivity contribution < 1.29 is 0 Å². The van der Waals surface area contributed by atoms with Crippen LogP contribution in [0.5, 0.6) is 0 Å². The third-order valence-corrected chi connectivity index (χ3v) is 4.86. The fraction of sp³-hybridized carbons (Fsp3) is 0.160. The first-order valence-corrected chi connectivity index (χ1v) is 9.54. The Kier molecular flexibility index (Phi) is 6.55. The third-order valence-electron chi connectivity index (χ3n) is 4.86. The quantitative estimate of drug-likeness (QED) is 0.441. The molecule has 3 aromatic rings. The van der Waals surface area contributed by atoms with Crippen molar-refractivity contribution in [1.29, 1.82) is 5.26 Å². The van der Waals surface area contributed by atoms with Crippen LogP contribution >= 0.6 is 0 Å². The molecule has 0 aliphatic heterocycles. The van der Waals surface area contributed by atoms with Crippen LogP contribution in [0.2, 0.25) is 0 Å². The maximum atomic E-state index is 9.07. The van der Waals surface area contributed by atoms with E-state index in [1.165, 1.54) is 11.1 Å². The molecule has 144 valence electrons. The molecule has 2 aromatic carbocycles. The number of aromatic nitrogens is 2. The number of aliphatic imine (C=N–C) groups is 1. The molecule has 0 atom stereocenters. The van der Waals surface area contributed by atoms with E-state index >= 15 is 0 Å². The summed E-state index contributed by atoms with van der Waals surface area (Å²) in [5.74, 6) is 0. The minimum atomic E-state index is 0.702. The van der Waals surface area contributed by atoms with E-state index in [4.69, 9.17) is 5.26 Å². The second-order valence-electron chi connectivity index (χ2n) is 6.84. The van der Waals surface area contributed by atoms with Gasteiger partial charge in [0.1, 0.15) is 0 Å². The van der Waals surface area contributed by atoms with Gasteiger partial charge in [-0.15, -0.1) is 0 Å². The predicted octanol–water partition coefficient (Wildman–Crippen LogP) is 5.39. The van der Waals surface area contributed by atoms with Crippen molar-refractivity contribution in [3.05, 3.63) is 95.7 Å². The summed E-state index contributed by atoms with van der Waals surface area (Å²) in [7, 11) is 1.78. The van der Waals surface area contributed by atoms with E-state index in [-0.39, 0.29) is 0 Å². The zero-order chi connectivity index (χ0) is 20.6. The molecule has 4 heteroatoms. The SMILES string of the molecule is C=C/C(=C\C(C)=NC)c1cn[nH]c1-c1cccc(CCc2cccc(C#N)c2)c1. The van der Waals surface area contributed by atoms with Gasteiger partial charge in [0.2, 0.25) is 0 Å². The Bertz CT molecular complexity index is 1110. The van der Waals surface area contributed by atoms with Crippen molar-refractivity contribution in [2.75, 3.05) is 7.05 Å². The minimum Gasteiger partial charge on any atom is -0.293 e. The second kappa shape index (κ2) is 9.48. The van der Waals surface area contributed by atoms with E-state index in [1.54, 1.807) is 7.05 Å². The van der Waals surface area contributed by atoms with Crippen LogP contribution in [-0.4, -0.2) is 23.0 Å². The van der Waals surface area contributed by atoms with E-state index < -0.39 is 0 Å². The van der Waals surface area contributed by atoms with E-state index in [9.17, 15) is 0 Å². The first-order valence-electron chi connectivity index (χ1n) is 9.54. The van der Waals surface area contributed by atoms with Crippen LogP contribution in [0.25, 0.3) is 16.8 Å². The van der Waals surface area contributed by atoms with Crippen LogP contribution in [0.1, 0.15) is 29.2 Å². The molecule has 0 aliphatic carbocycles. The van der Waals surface area contributed by atoms with Crippen molar-refractivity contribution >= 4 is 11.3 Å². The zero-order valence-electron chi connectivity index (χ0n) is 16.8. The number of H-pyrrole nitrogens is 1. The summed E-state index contributed by atoms with van der Waals surface area (Å²) in [6.07, 6.45) is 7.45. The number of hydrogen-bond acceptors (Lipinski definition) is 3. The van der Waals surface area contributed by atoms with Crippen LogP contribution in [0.4, 0.5) is 0 Å². The largest absolute Gasteiger partial charge is 0.293 e. The molecule has 0 spiro atoms. The van der Waals surface area contributed by atoms with Crippen LogP contribution in [0, 0.1) is 11.3 Å². The normalized spacial score (nSPS) is 11.9. The van der Waals surface area contributed by atoms with Crippen molar-refractivity contribution in [3.8, 4) is 17.3 Å². The van der Waals surface area contributed by atoms with Gasteiger partial charge >= 0.3 is 0 Å². The first-order chi connectivity index (χ1) is 14.1. The second-order valence-corrected chi connectivity index (χ2v) is 6.84. The van der Waals surface area contributed by atoms with Gasteiger partial charge in [-0.2, -0.15) is 10.4 Å². The van der Waals surface area contributed by atoms with Crippen molar-refractivity contribution in [2.24, 2.45) is 4.99 Å². The predicted molar refractivity (Wildman–Crippen MR) is 120 cm³/mol. The van der Waals surface area contributed by atoms with Gasteiger partial charge in [0.05, 0.1) is 23.5 Å². The molecule has 1 aromatic heterocycles. The maximum Gasteiger partial charge on any atom is 0.0991 e. The van der Waals surface area contributed by atoms with Crippen LogP contribution < -0.4 is 0 Å². The van der Waals surface area contributed by atoms with Gasteiger partial charge in [-0.1, -0.05) is 43.0 Å². The number of aromatic amines is 1. The lowest BCUT2D eigenvalue weighted by molar-refractivity contribution is 0.959. The average molecular weight is 380 g/mol. The molecule has 1 heterocycles. The van der Waals surface area contributed by atoms with E-state index in [2.05, 4.69) is 58.2 Å². The number of nitrogens with zero attached hydrogens (tertiary/aromatic N) is 3. The number of hydrogen-bond donors (Lipinski definition) is 1. The van der Waals surface area contributed by atoms with Crippen LogP contribution in [0.3, 0.4) is 0 Å². The van der Waals surface area contributed by atoms with Crippen molar-refractivity contribution in [2.45, 2.75) is 19.8 Å². The highest BCUT2D eigenvalue weighted by molar-refractivity contribution is 6.02. The molecular weight excluding hydrogens is 356 g/mol. The Morgan fingerprint density at radius 1 is 1.17 bits per heavy atom. The summed E-state index contributed by atoms with van der Waals surface area (Å²) in [5.41, 5.74) is 8.07. The van der Waals surface area contributed by atoms with Crippen molar-refractivity contribution in [3.63, 3.8) is 0 Å². The molecule has 3 rings (SSSR count). The molecule has 1 N–H and O–H groups in total. The fourth-order valence-electron chi connectivity index (χ4n) is 3.23. The number of aryl methyl sites for hydroxylation is 2. The molecule has 0 aliphatic rings. The molecule has 0 saturated heterocycles. The number of nitriles is 1. The fourth-order valence-corrected chi connectivity index (χ4v) is 3.23.